The molecular formula is C13H27N3O4S. The van der Waals surface area contributed by atoms with Gasteiger partial charge in [-0.2, -0.15) is 0 Å². The fraction of sp³-hybridized carbons (Fsp3) is 0.923. The number of hydrogen-bond acceptors (Lipinski definition) is 6. The first kappa shape index (κ1) is 18.3. The molecule has 0 saturated carbocycles. The van der Waals surface area contributed by atoms with Crippen molar-refractivity contribution in [2.24, 2.45) is 5.73 Å². The van der Waals surface area contributed by atoms with Crippen molar-refractivity contribution >= 4 is 15.7 Å². The number of aliphatic hydroxyl groups excluding tert-OH is 1. The molecule has 0 aromatic heterocycles. The zero-order valence-corrected chi connectivity index (χ0v) is 13.7. The van der Waals surface area contributed by atoms with Gasteiger partial charge in [-0.1, -0.05) is 0 Å². The van der Waals surface area contributed by atoms with Gasteiger partial charge in [0, 0.05) is 18.8 Å². The number of amides is 1. The zero-order chi connectivity index (χ0) is 16.0. The van der Waals surface area contributed by atoms with E-state index in [2.05, 4.69) is 4.90 Å². The highest BCUT2D eigenvalue weighted by Crippen LogP contribution is 2.16. The molecule has 0 aliphatic carbocycles. The van der Waals surface area contributed by atoms with Crippen molar-refractivity contribution in [1.29, 1.82) is 0 Å². The largest absolute Gasteiger partial charge is 0.395 e. The van der Waals surface area contributed by atoms with Crippen LogP contribution in [0.4, 0.5) is 0 Å². The van der Waals surface area contributed by atoms with E-state index in [0.29, 0.717) is 0 Å². The minimum atomic E-state index is -3.13. The molecule has 1 unspecified atom stereocenters. The second-order valence-corrected chi connectivity index (χ2v) is 8.07. The molecule has 1 aliphatic heterocycles. The summed E-state index contributed by atoms with van der Waals surface area (Å²) in [6, 6.07) is -0.754. The molecule has 3 N–H and O–H groups in total. The van der Waals surface area contributed by atoms with Crippen molar-refractivity contribution in [3.8, 4) is 0 Å². The number of nitrogens with zero attached hydrogens (tertiary/aromatic N) is 2. The van der Waals surface area contributed by atoms with Crippen molar-refractivity contribution in [1.82, 2.24) is 9.80 Å². The summed E-state index contributed by atoms with van der Waals surface area (Å²) in [7, 11) is -1.10. The van der Waals surface area contributed by atoms with Crippen LogP contribution in [-0.2, 0) is 14.6 Å². The quantitative estimate of drug-likeness (QED) is 0.602. The molecule has 1 atom stereocenters. The first-order valence-corrected chi connectivity index (χ1v) is 9.34. The number of carbonyl (C=O) groups excluding carboxylic acids is 1. The van der Waals surface area contributed by atoms with Crippen LogP contribution in [0.25, 0.3) is 0 Å². The lowest BCUT2D eigenvalue weighted by molar-refractivity contribution is -0.136. The Bertz CT molecular complexity index is 433. The number of sulfone groups is 1. The first-order valence-electron chi connectivity index (χ1n) is 7.28. The normalized spacial score (nSPS) is 19.4. The molecule has 0 radical (unpaired) electrons. The minimum Gasteiger partial charge on any atom is -0.395 e. The number of rotatable bonds is 7. The first-order chi connectivity index (χ1) is 9.74. The van der Waals surface area contributed by atoms with E-state index >= 15 is 0 Å². The van der Waals surface area contributed by atoms with Crippen molar-refractivity contribution in [3.05, 3.63) is 0 Å². The average Bonchev–Trinajstić information content (AvgIpc) is 2.42. The third-order valence-electron chi connectivity index (χ3n) is 3.87. The molecule has 1 aliphatic rings. The van der Waals surface area contributed by atoms with Crippen LogP contribution in [0.15, 0.2) is 0 Å². The third-order valence-corrected chi connectivity index (χ3v) is 4.85. The number of carbonyl (C=O) groups is 1. The summed E-state index contributed by atoms with van der Waals surface area (Å²) < 4.78 is 22.3. The van der Waals surface area contributed by atoms with E-state index in [1.165, 1.54) is 0 Å². The van der Waals surface area contributed by atoms with Gasteiger partial charge in [-0.25, -0.2) is 8.42 Å². The van der Waals surface area contributed by atoms with Gasteiger partial charge in [-0.15, -0.1) is 0 Å². The Labute approximate surface area is 127 Å². The molecule has 1 rings (SSSR count). The molecule has 1 heterocycles. The van der Waals surface area contributed by atoms with E-state index in [0.717, 1.165) is 32.2 Å². The van der Waals surface area contributed by atoms with Crippen molar-refractivity contribution in [2.75, 3.05) is 45.3 Å². The lowest BCUT2D eigenvalue weighted by Crippen LogP contribution is -2.53. The highest BCUT2D eigenvalue weighted by Gasteiger charge is 2.29. The van der Waals surface area contributed by atoms with Crippen LogP contribution < -0.4 is 5.73 Å². The van der Waals surface area contributed by atoms with Gasteiger partial charge in [0.05, 0.1) is 18.4 Å². The van der Waals surface area contributed by atoms with E-state index in [9.17, 15) is 13.2 Å². The average molecular weight is 321 g/mol. The van der Waals surface area contributed by atoms with Crippen molar-refractivity contribution in [3.63, 3.8) is 0 Å². The van der Waals surface area contributed by atoms with Crippen molar-refractivity contribution < 1.29 is 18.3 Å². The van der Waals surface area contributed by atoms with E-state index in [1.807, 2.05) is 7.05 Å². The van der Waals surface area contributed by atoms with Crippen LogP contribution in [0.1, 0.15) is 19.3 Å². The zero-order valence-electron chi connectivity index (χ0n) is 12.9. The summed E-state index contributed by atoms with van der Waals surface area (Å²) in [5.74, 6) is -0.359. The van der Waals surface area contributed by atoms with E-state index in [1.54, 1.807) is 4.90 Å². The van der Waals surface area contributed by atoms with Crippen LogP contribution in [0, 0.1) is 0 Å². The van der Waals surface area contributed by atoms with Gasteiger partial charge in [0.1, 0.15) is 9.84 Å². The number of likely N-dealkylation sites (tertiary alicyclic amines) is 1. The smallest absolute Gasteiger partial charge is 0.239 e. The van der Waals surface area contributed by atoms with E-state index in [-0.39, 0.29) is 37.3 Å². The summed E-state index contributed by atoms with van der Waals surface area (Å²) in [6.45, 7) is 1.94. The summed E-state index contributed by atoms with van der Waals surface area (Å²) in [5.41, 5.74) is 5.84. The highest BCUT2D eigenvalue weighted by molar-refractivity contribution is 7.90. The SMILES string of the molecule is CN1CCC(N(CCO)C(=O)C(N)CCS(C)(=O)=O)CC1. The second-order valence-electron chi connectivity index (χ2n) is 5.81. The molecule has 7 nitrogen and oxygen atoms in total. The summed E-state index contributed by atoms with van der Waals surface area (Å²) in [6.07, 6.45) is 2.95. The number of nitrogens with two attached hydrogens (primary N) is 1. The Morgan fingerprint density at radius 3 is 2.48 bits per heavy atom. The van der Waals surface area contributed by atoms with Gasteiger partial charge in [-0.05, 0) is 39.4 Å². The lowest BCUT2D eigenvalue weighted by atomic mass is 10.0. The minimum absolute atomic E-state index is 0.0742. The molecule has 0 bridgehead atoms. The van der Waals surface area contributed by atoms with Gasteiger partial charge in [-0.3, -0.25) is 4.79 Å². The maximum atomic E-state index is 12.4. The Hall–Kier alpha value is -0.700. The standard InChI is InChI=1S/C13H27N3O4S/c1-15-6-3-11(4-7-15)16(8-9-17)13(18)12(14)5-10-21(2,19)20/h11-12,17H,3-10,14H2,1-2H3. The van der Waals surface area contributed by atoms with Crippen LogP contribution >= 0.6 is 0 Å². The van der Waals surface area contributed by atoms with Crippen molar-refractivity contribution in [2.45, 2.75) is 31.3 Å². The molecule has 0 aromatic carbocycles. The predicted molar refractivity (Wildman–Crippen MR) is 81.6 cm³/mol. The monoisotopic (exact) mass is 321 g/mol. The second kappa shape index (κ2) is 8.07. The molecule has 1 saturated heterocycles. The van der Waals surface area contributed by atoms with Crippen LogP contribution in [-0.4, -0.2) is 86.6 Å². The molecular weight excluding hydrogens is 294 g/mol. The number of hydrogen-bond donors (Lipinski definition) is 2. The predicted octanol–water partition coefficient (Wildman–Crippen LogP) is -1.34. The molecule has 1 amide bonds. The Balaban J connectivity index is 2.63. The Kier molecular flexibility index (Phi) is 7.05. The maximum Gasteiger partial charge on any atom is 0.239 e. The van der Waals surface area contributed by atoms with Crippen LogP contribution in [0.3, 0.4) is 0 Å². The Morgan fingerprint density at radius 2 is 2.00 bits per heavy atom. The van der Waals surface area contributed by atoms with E-state index in [4.69, 9.17) is 10.8 Å². The summed E-state index contributed by atoms with van der Waals surface area (Å²) >= 11 is 0. The molecule has 0 aromatic rings. The topological polar surface area (TPSA) is 104 Å². The van der Waals surface area contributed by atoms with Gasteiger partial charge in [0.25, 0.3) is 0 Å². The highest BCUT2D eigenvalue weighted by atomic mass is 32.2. The number of aliphatic hydroxyl groups is 1. The maximum absolute atomic E-state index is 12.4. The molecule has 124 valence electrons. The van der Waals surface area contributed by atoms with Crippen LogP contribution in [0.2, 0.25) is 0 Å². The van der Waals surface area contributed by atoms with Gasteiger partial charge in [0.15, 0.2) is 0 Å². The van der Waals surface area contributed by atoms with Crippen LogP contribution in [0.5, 0.6) is 0 Å². The summed E-state index contributed by atoms with van der Waals surface area (Å²) in [5, 5.41) is 9.17. The van der Waals surface area contributed by atoms with E-state index < -0.39 is 15.9 Å². The van der Waals surface area contributed by atoms with Gasteiger partial charge >= 0.3 is 0 Å². The number of piperidine rings is 1. The van der Waals surface area contributed by atoms with Gasteiger partial charge in [0.2, 0.25) is 5.91 Å². The molecule has 0 spiro atoms. The Morgan fingerprint density at radius 1 is 1.43 bits per heavy atom. The fourth-order valence-corrected chi connectivity index (χ4v) is 3.25. The molecule has 21 heavy (non-hydrogen) atoms. The van der Waals surface area contributed by atoms with Gasteiger partial charge < -0.3 is 20.6 Å². The third kappa shape index (κ3) is 6.29. The lowest BCUT2D eigenvalue weighted by Gasteiger charge is -2.38. The molecule has 8 heteroatoms. The fourth-order valence-electron chi connectivity index (χ4n) is 2.56. The molecule has 1 fully saturated rings. The summed E-state index contributed by atoms with van der Waals surface area (Å²) in [4.78, 5) is 16.2.